The van der Waals surface area contributed by atoms with Crippen molar-refractivity contribution >= 4 is 12.0 Å². The summed E-state index contributed by atoms with van der Waals surface area (Å²) >= 11 is 0. The molecule has 1 rings (SSSR count). The Morgan fingerprint density at radius 1 is 1.53 bits per heavy atom. The fourth-order valence-corrected chi connectivity index (χ4v) is 1.51. The quantitative estimate of drug-likeness (QED) is 0.700. The van der Waals surface area contributed by atoms with Crippen LogP contribution in [0.1, 0.15) is 26.1 Å². The van der Waals surface area contributed by atoms with Crippen LogP contribution in [-0.4, -0.2) is 38.7 Å². The van der Waals surface area contributed by atoms with Gasteiger partial charge in [-0.15, -0.1) is 0 Å². The van der Waals surface area contributed by atoms with E-state index in [4.69, 9.17) is 5.11 Å². The molecule has 0 aliphatic heterocycles. The van der Waals surface area contributed by atoms with Gasteiger partial charge < -0.3 is 20.3 Å². The first-order valence-corrected chi connectivity index (χ1v) is 6.14. The average molecular weight is 268 g/mol. The fraction of sp³-hybridized carbons (Fsp3) is 0.583. The van der Waals surface area contributed by atoms with Crippen molar-refractivity contribution < 1.29 is 14.7 Å². The van der Waals surface area contributed by atoms with Crippen molar-refractivity contribution in [2.75, 3.05) is 6.54 Å². The van der Waals surface area contributed by atoms with Crippen LogP contribution in [0.5, 0.6) is 0 Å². The SMILES string of the molecule is CCC(C)(NC(=O)NCCc1nccn1C)C(=O)O. The summed E-state index contributed by atoms with van der Waals surface area (Å²) in [7, 11) is 1.88. The number of aryl methyl sites for hydroxylation is 1. The number of urea groups is 1. The second kappa shape index (κ2) is 6.21. The van der Waals surface area contributed by atoms with Gasteiger partial charge in [-0.05, 0) is 13.3 Å². The maximum Gasteiger partial charge on any atom is 0.329 e. The lowest BCUT2D eigenvalue weighted by Crippen LogP contribution is -2.55. The molecule has 1 aromatic rings. The topological polar surface area (TPSA) is 96.3 Å². The molecule has 0 bridgehead atoms. The molecule has 0 radical (unpaired) electrons. The number of carbonyl (C=O) groups is 2. The summed E-state index contributed by atoms with van der Waals surface area (Å²) < 4.78 is 1.87. The minimum absolute atomic E-state index is 0.315. The fourth-order valence-electron chi connectivity index (χ4n) is 1.51. The Morgan fingerprint density at radius 2 is 2.21 bits per heavy atom. The smallest absolute Gasteiger partial charge is 0.329 e. The van der Waals surface area contributed by atoms with Crippen LogP contribution >= 0.6 is 0 Å². The molecular formula is C12H20N4O3. The van der Waals surface area contributed by atoms with E-state index in [1.165, 1.54) is 6.92 Å². The highest BCUT2D eigenvalue weighted by Crippen LogP contribution is 2.08. The van der Waals surface area contributed by atoms with Crippen molar-refractivity contribution in [2.45, 2.75) is 32.2 Å². The summed E-state index contributed by atoms with van der Waals surface area (Å²) in [6.07, 6.45) is 4.42. The summed E-state index contributed by atoms with van der Waals surface area (Å²) in [6.45, 7) is 3.59. The molecule has 0 aliphatic carbocycles. The number of hydrogen-bond donors (Lipinski definition) is 3. The third kappa shape index (κ3) is 3.97. The van der Waals surface area contributed by atoms with Gasteiger partial charge in [0, 0.05) is 32.4 Å². The highest BCUT2D eigenvalue weighted by atomic mass is 16.4. The van der Waals surface area contributed by atoms with Crippen molar-refractivity contribution in [1.29, 1.82) is 0 Å². The Balaban J connectivity index is 2.40. The highest BCUT2D eigenvalue weighted by Gasteiger charge is 2.32. The predicted molar refractivity (Wildman–Crippen MR) is 69.8 cm³/mol. The molecule has 0 aliphatic rings. The number of nitrogens with zero attached hydrogens (tertiary/aromatic N) is 2. The van der Waals surface area contributed by atoms with E-state index in [-0.39, 0.29) is 0 Å². The zero-order chi connectivity index (χ0) is 14.5. The zero-order valence-corrected chi connectivity index (χ0v) is 11.4. The molecule has 7 heteroatoms. The van der Waals surface area contributed by atoms with Gasteiger partial charge in [-0.3, -0.25) is 0 Å². The standard InChI is InChI=1S/C12H20N4O3/c1-4-12(2,10(17)18)15-11(19)14-6-5-9-13-7-8-16(9)3/h7-8H,4-6H2,1-3H3,(H,17,18)(H2,14,15,19). The van der Waals surface area contributed by atoms with Crippen LogP contribution in [0.3, 0.4) is 0 Å². The summed E-state index contributed by atoms with van der Waals surface area (Å²) in [5, 5.41) is 14.1. The molecule has 7 nitrogen and oxygen atoms in total. The molecule has 1 unspecified atom stereocenters. The van der Waals surface area contributed by atoms with Crippen molar-refractivity contribution in [3.05, 3.63) is 18.2 Å². The van der Waals surface area contributed by atoms with Crippen LogP contribution in [0.25, 0.3) is 0 Å². The van der Waals surface area contributed by atoms with Crippen LogP contribution in [-0.2, 0) is 18.3 Å². The first kappa shape index (κ1) is 15.0. The van der Waals surface area contributed by atoms with Crippen LogP contribution in [0.15, 0.2) is 12.4 Å². The Labute approximate surface area is 112 Å². The average Bonchev–Trinajstić information content (AvgIpc) is 2.74. The van der Waals surface area contributed by atoms with Crippen LogP contribution < -0.4 is 10.6 Å². The van der Waals surface area contributed by atoms with Gasteiger partial charge in [0.2, 0.25) is 0 Å². The molecule has 3 N–H and O–H groups in total. The van der Waals surface area contributed by atoms with E-state index in [1.807, 2.05) is 17.8 Å². The maximum absolute atomic E-state index is 11.6. The Morgan fingerprint density at radius 3 is 2.68 bits per heavy atom. The number of carboxylic acids is 1. The number of carbonyl (C=O) groups excluding carboxylic acids is 1. The minimum Gasteiger partial charge on any atom is -0.480 e. The van der Waals surface area contributed by atoms with E-state index < -0.39 is 17.5 Å². The van der Waals surface area contributed by atoms with E-state index in [0.29, 0.717) is 19.4 Å². The number of nitrogens with one attached hydrogen (secondary N) is 2. The predicted octanol–water partition coefficient (Wildman–Crippen LogP) is 0.515. The van der Waals surface area contributed by atoms with Crippen molar-refractivity contribution in [2.24, 2.45) is 7.05 Å². The lowest BCUT2D eigenvalue weighted by Gasteiger charge is -2.24. The lowest BCUT2D eigenvalue weighted by atomic mass is 10.00. The van der Waals surface area contributed by atoms with Gasteiger partial charge in [-0.25, -0.2) is 14.6 Å². The molecule has 1 atom stereocenters. The largest absolute Gasteiger partial charge is 0.480 e. The molecular weight excluding hydrogens is 248 g/mol. The molecule has 1 heterocycles. The molecule has 0 fully saturated rings. The molecule has 0 saturated carbocycles. The lowest BCUT2D eigenvalue weighted by molar-refractivity contribution is -0.143. The first-order valence-electron chi connectivity index (χ1n) is 6.14. The molecule has 2 amide bonds. The molecule has 106 valence electrons. The molecule has 0 spiro atoms. The van der Waals surface area contributed by atoms with Gasteiger partial charge in [0.25, 0.3) is 0 Å². The molecule has 0 aromatic carbocycles. The number of carboxylic acid groups (broad SMARTS) is 1. The van der Waals surface area contributed by atoms with Crippen molar-refractivity contribution in [1.82, 2.24) is 20.2 Å². The number of amides is 2. The normalized spacial score (nSPS) is 13.6. The van der Waals surface area contributed by atoms with Gasteiger partial charge in [0.15, 0.2) is 0 Å². The third-order valence-electron chi connectivity index (χ3n) is 3.12. The van der Waals surface area contributed by atoms with Gasteiger partial charge in [0.1, 0.15) is 11.4 Å². The van der Waals surface area contributed by atoms with E-state index >= 15 is 0 Å². The van der Waals surface area contributed by atoms with Crippen molar-refractivity contribution in [3.63, 3.8) is 0 Å². The summed E-state index contributed by atoms with van der Waals surface area (Å²) in [5.41, 5.74) is -1.24. The van der Waals surface area contributed by atoms with Gasteiger partial charge in [0.05, 0.1) is 0 Å². The Bertz CT molecular complexity index is 458. The van der Waals surface area contributed by atoms with E-state index in [0.717, 1.165) is 5.82 Å². The monoisotopic (exact) mass is 268 g/mol. The van der Waals surface area contributed by atoms with Gasteiger partial charge >= 0.3 is 12.0 Å². The second-order valence-corrected chi connectivity index (χ2v) is 4.58. The number of aliphatic carboxylic acids is 1. The Kier molecular flexibility index (Phi) is 4.91. The van der Waals surface area contributed by atoms with E-state index in [9.17, 15) is 9.59 Å². The van der Waals surface area contributed by atoms with E-state index in [1.54, 1.807) is 13.1 Å². The third-order valence-corrected chi connectivity index (χ3v) is 3.12. The number of rotatable bonds is 6. The van der Waals surface area contributed by atoms with Gasteiger partial charge in [-0.1, -0.05) is 6.92 Å². The number of imidazole rings is 1. The van der Waals surface area contributed by atoms with Crippen LogP contribution in [0.4, 0.5) is 4.79 Å². The number of aromatic nitrogens is 2. The summed E-state index contributed by atoms with van der Waals surface area (Å²) in [5.74, 6) is -0.189. The minimum atomic E-state index is -1.24. The second-order valence-electron chi connectivity index (χ2n) is 4.58. The summed E-state index contributed by atoms with van der Waals surface area (Å²) in [4.78, 5) is 26.8. The Hall–Kier alpha value is -2.05. The van der Waals surface area contributed by atoms with E-state index in [2.05, 4.69) is 15.6 Å². The van der Waals surface area contributed by atoms with Crippen LogP contribution in [0.2, 0.25) is 0 Å². The maximum atomic E-state index is 11.6. The molecule has 0 saturated heterocycles. The van der Waals surface area contributed by atoms with Crippen LogP contribution in [0, 0.1) is 0 Å². The van der Waals surface area contributed by atoms with Gasteiger partial charge in [-0.2, -0.15) is 0 Å². The summed E-state index contributed by atoms with van der Waals surface area (Å²) in [6, 6.07) is -0.485. The zero-order valence-electron chi connectivity index (χ0n) is 11.4. The first-order chi connectivity index (χ1) is 8.89. The number of hydrogen-bond acceptors (Lipinski definition) is 3. The highest BCUT2D eigenvalue weighted by molar-refractivity contribution is 5.85. The van der Waals surface area contributed by atoms with Crippen molar-refractivity contribution in [3.8, 4) is 0 Å². The molecule has 1 aromatic heterocycles. The molecule has 19 heavy (non-hydrogen) atoms.